The van der Waals surface area contributed by atoms with Crippen LogP contribution in [-0.2, 0) is 10.5 Å². The van der Waals surface area contributed by atoms with Crippen LogP contribution in [0.5, 0.6) is 0 Å². The highest BCUT2D eigenvalue weighted by molar-refractivity contribution is 7.98. The number of hydrazine groups is 1. The van der Waals surface area contributed by atoms with Gasteiger partial charge in [0.1, 0.15) is 11.6 Å². The Balaban J connectivity index is 1.22. The maximum absolute atomic E-state index is 13.6. The lowest BCUT2D eigenvalue weighted by Gasteiger charge is -2.09. The van der Waals surface area contributed by atoms with Gasteiger partial charge in [-0.3, -0.25) is 25.2 Å². The number of carbonyl (C=O) groups excluding carboxylic acids is 3. The van der Waals surface area contributed by atoms with Crippen LogP contribution in [0.1, 0.15) is 26.3 Å². The molecule has 1 aromatic heterocycles. The number of hydrogen-bond donors (Lipinski definition) is 4. The maximum atomic E-state index is 13.6. The van der Waals surface area contributed by atoms with Crippen molar-refractivity contribution in [2.75, 3.05) is 6.54 Å². The minimum absolute atomic E-state index is 0.320. The van der Waals surface area contributed by atoms with Crippen LogP contribution in [0.25, 0.3) is 11.0 Å². The predicted octanol–water partition coefficient (Wildman–Crippen LogP) is 3.32. The summed E-state index contributed by atoms with van der Waals surface area (Å²) in [5.41, 5.74) is 7.16. The molecule has 0 spiro atoms. The van der Waals surface area contributed by atoms with E-state index in [0.29, 0.717) is 17.4 Å². The Hall–Kier alpha value is -4.25. The number of thioether (sulfide) groups is 1. The van der Waals surface area contributed by atoms with Crippen molar-refractivity contribution < 1.29 is 23.2 Å². The van der Waals surface area contributed by atoms with Crippen molar-refractivity contribution >= 4 is 40.5 Å². The smallest absolute Gasteiger partial charge is 0.269 e. The van der Waals surface area contributed by atoms with Gasteiger partial charge >= 0.3 is 0 Å². The third-order valence-corrected chi connectivity index (χ3v) is 5.80. The van der Waals surface area contributed by atoms with E-state index in [1.54, 1.807) is 24.3 Å². The molecule has 0 aliphatic rings. The molecule has 35 heavy (non-hydrogen) atoms. The van der Waals surface area contributed by atoms with Gasteiger partial charge in [0.2, 0.25) is 0 Å². The standard InChI is InChI=1S/C24H19F2N5O3S/c25-16-9-10-17(18(26)11-16)23(34)27-12-21(32)30-31-22(33)15-7-5-14(6-8-15)13-35-24-28-19-3-1-2-4-20(19)29-24/h1-11H,12-13H2,(H,27,34)(H,28,29)(H,30,32)(H,31,33). The van der Waals surface area contributed by atoms with E-state index in [-0.39, 0.29) is 0 Å². The normalized spacial score (nSPS) is 10.7. The number of aromatic nitrogens is 2. The number of halogens is 2. The molecule has 4 aromatic rings. The van der Waals surface area contributed by atoms with Crippen LogP contribution in [-0.4, -0.2) is 34.2 Å². The van der Waals surface area contributed by atoms with Gasteiger partial charge in [0.25, 0.3) is 17.7 Å². The van der Waals surface area contributed by atoms with E-state index in [2.05, 4.69) is 26.1 Å². The van der Waals surface area contributed by atoms with Gasteiger partial charge in [-0.05, 0) is 42.0 Å². The van der Waals surface area contributed by atoms with E-state index in [1.165, 1.54) is 11.8 Å². The maximum Gasteiger partial charge on any atom is 0.269 e. The second-order valence-electron chi connectivity index (χ2n) is 7.35. The molecule has 0 saturated carbocycles. The molecule has 0 atom stereocenters. The second-order valence-corrected chi connectivity index (χ2v) is 8.32. The van der Waals surface area contributed by atoms with Crippen LogP contribution in [0, 0.1) is 11.6 Å². The predicted molar refractivity (Wildman–Crippen MR) is 126 cm³/mol. The number of imidazole rings is 1. The lowest BCUT2D eigenvalue weighted by atomic mass is 10.1. The van der Waals surface area contributed by atoms with Crippen molar-refractivity contribution in [1.29, 1.82) is 0 Å². The van der Waals surface area contributed by atoms with Crippen molar-refractivity contribution in [2.24, 2.45) is 0 Å². The molecule has 0 fully saturated rings. The Morgan fingerprint density at radius 1 is 0.914 bits per heavy atom. The molecular formula is C24H19F2N5O3S. The van der Waals surface area contributed by atoms with Crippen LogP contribution in [0.3, 0.4) is 0 Å². The quantitative estimate of drug-likeness (QED) is 0.232. The first-order chi connectivity index (χ1) is 16.9. The summed E-state index contributed by atoms with van der Waals surface area (Å²) in [6.45, 7) is -0.520. The summed E-state index contributed by atoms with van der Waals surface area (Å²) < 4.78 is 26.5. The monoisotopic (exact) mass is 495 g/mol. The lowest BCUT2D eigenvalue weighted by Crippen LogP contribution is -2.46. The zero-order chi connectivity index (χ0) is 24.8. The van der Waals surface area contributed by atoms with Gasteiger partial charge in [0.05, 0.1) is 23.1 Å². The molecule has 1 heterocycles. The van der Waals surface area contributed by atoms with Crippen LogP contribution in [0.15, 0.2) is 71.9 Å². The second kappa shape index (κ2) is 10.8. The van der Waals surface area contributed by atoms with E-state index in [0.717, 1.165) is 33.9 Å². The van der Waals surface area contributed by atoms with Crippen LogP contribution < -0.4 is 16.2 Å². The number of aromatic amines is 1. The fourth-order valence-corrected chi connectivity index (χ4v) is 3.91. The van der Waals surface area contributed by atoms with Gasteiger partial charge in [-0.25, -0.2) is 13.8 Å². The molecular weight excluding hydrogens is 476 g/mol. The first-order valence-electron chi connectivity index (χ1n) is 10.4. The van der Waals surface area contributed by atoms with Gasteiger partial charge < -0.3 is 10.3 Å². The van der Waals surface area contributed by atoms with Crippen molar-refractivity contribution in [1.82, 2.24) is 26.1 Å². The molecule has 4 N–H and O–H groups in total. The number of rotatable bonds is 7. The summed E-state index contributed by atoms with van der Waals surface area (Å²) in [6.07, 6.45) is 0. The topological polar surface area (TPSA) is 116 Å². The molecule has 0 aliphatic heterocycles. The Kier molecular flexibility index (Phi) is 7.36. The Morgan fingerprint density at radius 2 is 1.69 bits per heavy atom. The van der Waals surface area contributed by atoms with E-state index < -0.39 is 41.5 Å². The highest BCUT2D eigenvalue weighted by Crippen LogP contribution is 2.23. The molecule has 0 saturated heterocycles. The summed E-state index contributed by atoms with van der Waals surface area (Å²) >= 11 is 1.53. The van der Waals surface area contributed by atoms with Crippen LogP contribution in [0.2, 0.25) is 0 Å². The summed E-state index contributed by atoms with van der Waals surface area (Å²) in [7, 11) is 0. The summed E-state index contributed by atoms with van der Waals surface area (Å²) in [5, 5.41) is 2.99. The zero-order valence-corrected chi connectivity index (χ0v) is 18.9. The summed E-state index contributed by atoms with van der Waals surface area (Å²) in [5.74, 6) is -3.39. The average molecular weight is 496 g/mol. The number of para-hydroxylation sites is 2. The van der Waals surface area contributed by atoms with E-state index in [4.69, 9.17) is 0 Å². The van der Waals surface area contributed by atoms with Gasteiger partial charge in [0, 0.05) is 17.4 Å². The molecule has 0 unspecified atom stereocenters. The number of carbonyl (C=O) groups is 3. The number of benzene rings is 3. The van der Waals surface area contributed by atoms with Gasteiger partial charge in [-0.15, -0.1) is 0 Å². The van der Waals surface area contributed by atoms with Crippen molar-refractivity contribution in [3.63, 3.8) is 0 Å². The molecule has 3 amide bonds. The van der Waals surface area contributed by atoms with Crippen molar-refractivity contribution in [3.05, 3.63) is 95.1 Å². The Labute approximate surface area is 202 Å². The number of H-pyrrole nitrogens is 1. The van der Waals surface area contributed by atoms with E-state index in [9.17, 15) is 23.2 Å². The molecule has 8 nitrogen and oxygen atoms in total. The van der Waals surface area contributed by atoms with E-state index >= 15 is 0 Å². The first-order valence-corrected chi connectivity index (χ1v) is 11.4. The fraction of sp³-hybridized carbons (Fsp3) is 0.0833. The third-order valence-electron chi connectivity index (χ3n) is 4.86. The minimum Gasteiger partial charge on any atom is -0.343 e. The van der Waals surface area contributed by atoms with Gasteiger partial charge in [-0.2, -0.15) is 0 Å². The highest BCUT2D eigenvalue weighted by Gasteiger charge is 2.14. The number of amides is 3. The highest BCUT2D eigenvalue weighted by atomic mass is 32.2. The molecule has 11 heteroatoms. The summed E-state index contributed by atoms with van der Waals surface area (Å²) in [4.78, 5) is 43.8. The Morgan fingerprint density at radius 3 is 2.43 bits per heavy atom. The fourth-order valence-electron chi connectivity index (χ4n) is 3.07. The number of nitrogens with one attached hydrogen (secondary N) is 4. The zero-order valence-electron chi connectivity index (χ0n) is 18.1. The number of nitrogens with zero attached hydrogens (tertiary/aromatic N) is 1. The Bertz CT molecular complexity index is 1360. The SMILES string of the molecule is O=C(CNC(=O)c1ccc(F)cc1F)NNC(=O)c1ccc(CSc2nc3ccccc3[nH]2)cc1. The van der Waals surface area contributed by atoms with Crippen molar-refractivity contribution in [3.8, 4) is 0 Å². The van der Waals surface area contributed by atoms with Gasteiger partial charge in [-0.1, -0.05) is 36.0 Å². The first kappa shape index (κ1) is 23.9. The molecule has 0 aliphatic carbocycles. The molecule has 3 aromatic carbocycles. The van der Waals surface area contributed by atoms with Gasteiger partial charge in [0.15, 0.2) is 5.16 Å². The molecule has 0 radical (unpaired) electrons. The minimum atomic E-state index is -1.05. The third kappa shape index (κ3) is 6.21. The number of hydrogen-bond acceptors (Lipinski definition) is 5. The molecule has 4 rings (SSSR count). The van der Waals surface area contributed by atoms with Crippen molar-refractivity contribution in [2.45, 2.75) is 10.9 Å². The molecule has 0 bridgehead atoms. The van der Waals surface area contributed by atoms with Crippen LogP contribution in [0.4, 0.5) is 8.78 Å². The van der Waals surface area contributed by atoms with E-state index in [1.807, 2.05) is 24.3 Å². The lowest BCUT2D eigenvalue weighted by molar-refractivity contribution is -0.120. The average Bonchev–Trinajstić information content (AvgIpc) is 3.28. The number of fused-ring (bicyclic) bond motifs is 1. The van der Waals surface area contributed by atoms with Crippen LogP contribution >= 0.6 is 11.8 Å². The summed E-state index contributed by atoms with van der Waals surface area (Å²) in [6, 6.07) is 17.1. The molecule has 178 valence electrons. The largest absolute Gasteiger partial charge is 0.343 e.